The second-order valence-corrected chi connectivity index (χ2v) is 3.05. The normalized spacial score (nSPS) is 10.1. The number of rotatable bonds is 2. The molecule has 0 fully saturated rings. The minimum Gasteiger partial charge on any atom is -0.348 e. The Hall–Kier alpha value is -2.02. The Labute approximate surface area is 88.7 Å². The van der Waals surface area contributed by atoms with Gasteiger partial charge in [0.25, 0.3) is 5.69 Å². The van der Waals surface area contributed by atoms with Crippen LogP contribution in [-0.2, 0) is 0 Å². The Kier molecular flexibility index (Phi) is 2.30. The molecule has 0 aliphatic rings. The van der Waals surface area contributed by atoms with Gasteiger partial charge in [0.15, 0.2) is 5.82 Å². The first-order valence-electron chi connectivity index (χ1n) is 3.98. The van der Waals surface area contributed by atoms with Gasteiger partial charge < -0.3 is 4.52 Å². The predicted octanol–water partition coefficient (Wildman–Crippen LogP) is 2.31. The van der Waals surface area contributed by atoms with E-state index in [2.05, 4.69) is 22.4 Å². The van der Waals surface area contributed by atoms with Crippen LogP contribution in [0.25, 0.3) is 11.4 Å². The van der Waals surface area contributed by atoms with Gasteiger partial charge in [-0.3, -0.25) is 10.1 Å². The van der Waals surface area contributed by atoms with Crippen LogP contribution in [0.3, 0.4) is 0 Å². The molecule has 76 valence electrons. The molecule has 0 unspecified atom stereocenters. The van der Waals surface area contributed by atoms with Crippen molar-refractivity contribution in [3.8, 4) is 11.4 Å². The van der Waals surface area contributed by atoms with Gasteiger partial charge in [0.1, 0.15) is 0 Å². The van der Waals surface area contributed by atoms with Crippen molar-refractivity contribution in [3.63, 3.8) is 0 Å². The monoisotopic (exact) mass is 223 g/mol. The molecule has 2 rings (SSSR count). The zero-order chi connectivity index (χ0) is 10.8. The van der Waals surface area contributed by atoms with Crippen LogP contribution in [0.5, 0.6) is 0 Å². The van der Waals surface area contributed by atoms with E-state index in [4.69, 9.17) is 4.52 Å². The van der Waals surface area contributed by atoms with Crippen LogP contribution in [-0.4, -0.2) is 15.1 Å². The summed E-state index contributed by atoms with van der Waals surface area (Å²) in [5.41, 5.74) is 0.305. The summed E-state index contributed by atoms with van der Waals surface area (Å²) in [5, 5.41) is 13.1. The highest BCUT2D eigenvalue weighted by molar-refractivity contribution is 7.71. The molecule has 1 aromatic carbocycles. The fourth-order valence-corrected chi connectivity index (χ4v) is 1.31. The van der Waals surface area contributed by atoms with E-state index in [1.807, 2.05) is 0 Å². The molecule has 1 aromatic heterocycles. The molecule has 0 amide bonds. The SMILES string of the molecule is O=[N+]([O-])c1ccccc1-c1nc(=S)o[nH]1. The number of nitro groups is 1. The molecule has 7 heteroatoms. The molecule has 0 atom stereocenters. The maximum Gasteiger partial charge on any atom is 0.314 e. The molecular formula is C8H5N3O3S. The molecule has 0 aliphatic heterocycles. The molecule has 1 N–H and O–H groups in total. The first-order chi connectivity index (χ1) is 7.18. The van der Waals surface area contributed by atoms with Crippen molar-refractivity contribution in [1.29, 1.82) is 0 Å². The standard InChI is InChI=1S/C8H5N3O3S/c12-11(13)6-4-2-1-3-5(6)7-9-8(15)14-10-7/h1-4H,(H,9,10,15). The largest absolute Gasteiger partial charge is 0.348 e. The van der Waals surface area contributed by atoms with Crippen LogP contribution in [0.4, 0.5) is 5.69 Å². The summed E-state index contributed by atoms with van der Waals surface area (Å²) in [6.45, 7) is 0. The van der Waals surface area contributed by atoms with Gasteiger partial charge in [-0.25, -0.2) is 0 Å². The van der Waals surface area contributed by atoms with Crippen LogP contribution in [0, 0.1) is 15.0 Å². The van der Waals surface area contributed by atoms with E-state index in [1.54, 1.807) is 18.2 Å². The number of benzene rings is 1. The molecule has 0 spiro atoms. The van der Waals surface area contributed by atoms with Gasteiger partial charge in [0.05, 0.1) is 10.5 Å². The number of H-pyrrole nitrogens is 1. The fraction of sp³-hybridized carbons (Fsp3) is 0. The van der Waals surface area contributed by atoms with Gasteiger partial charge >= 0.3 is 4.84 Å². The summed E-state index contributed by atoms with van der Waals surface area (Å²) >= 11 is 4.66. The quantitative estimate of drug-likeness (QED) is 0.479. The Morgan fingerprint density at radius 3 is 2.80 bits per heavy atom. The Morgan fingerprint density at radius 2 is 2.20 bits per heavy atom. The summed E-state index contributed by atoms with van der Waals surface area (Å²) in [6, 6.07) is 6.21. The van der Waals surface area contributed by atoms with E-state index >= 15 is 0 Å². The van der Waals surface area contributed by atoms with E-state index in [0.717, 1.165) is 0 Å². The van der Waals surface area contributed by atoms with Crippen molar-refractivity contribution < 1.29 is 9.45 Å². The summed E-state index contributed by atoms with van der Waals surface area (Å²) in [5.74, 6) is 0.257. The number of aromatic nitrogens is 2. The van der Waals surface area contributed by atoms with Gasteiger partial charge in [-0.1, -0.05) is 12.1 Å². The summed E-state index contributed by atoms with van der Waals surface area (Å²) in [7, 11) is 0. The molecule has 0 bridgehead atoms. The van der Waals surface area contributed by atoms with Crippen molar-refractivity contribution >= 4 is 17.9 Å². The van der Waals surface area contributed by atoms with Crippen LogP contribution in [0.2, 0.25) is 0 Å². The highest BCUT2D eigenvalue weighted by Gasteiger charge is 2.16. The molecule has 1 heterocycles. The van der Waals surface area contributed by atoms with Crippen molar-refractivity contribution in [2.24, 2.45) is 0 Å². The first-order valence-corrected chi connectivity index (χ1v) is 4.38. The van der Waals surface area contributed by atoms with Crippen molar-refractivity contribution in [3.05, 3.63) is 39.2 Å². The van der Waals surface area contributed by atoms with Crippen LogP contribution < -0.4 is 0 Å². The maximum absolute atomic E-state index is 10.7. The summed E-state index contributed by atoms with van der Waals surface area (Å²) in [4.78, 5) is 14.1. The summed E-state index contributed by atoms with van der Waals surface area (Å²) in [6.07, 6.45) is 0. The second kappa shape index (κ2) is 3.62. The smallest absolute Gasteiger partial charge is 0.314 e. The minimum absolute atomic E-state index is 0.0168. The second-order valence-electron chi connectivity index (χ2n) is 2.70. The number of hydrogen-bond donors (Lipinski definition) is 1. The molecule has 6 nitrogen and oxygen atoms in total. The van der Waals surface area contributed by atoms with E-state index in [9.17, 15) is 10.1 Å². The van der Waals surface area contributed by atoms with Gasteiger partial charge in [0.2, 0.25) is 0 Å². The van der Waals surface area contributed by atoms with E-state index in [1.165, 1.54) is 6.07 Å². The third-order valence-electron chi connectivity index (χ3n) is 1.79. The zero-order valence-electron chi connectivity index (χ0n) is 7.34. The lowest BCUT2D eigenvalue weighted by molar-refractivity contribution is -0.384. The van der Waals surface area contributed by atoms with Crippen LogP contribution in [0.15, 0.2) is 28.8 Å². The number of nitro benzene ring substituents is 1. The van der Waals surface area contributed by atoms with E-state index in [-0.39, 0.29) is 16.3 Å². The Morgan fingerprint density at radius 1 is 1.47 bits per heavy atom. The highest BCUT2D eigenvalue weighted by Crippen LogP contribution is 2.26. The number of para-hydroxylation sites is 1. The molecule has 0 aliphatic carbocycles. The lowest BCUT2D eigenvalue weighted by Gasteiger charge is -1.96. The third kappa shape index (κ3) is 1.77. The van der Waals surface area contributed by atoms with Gasteiger partial charge in [-0.2, -0.15) is 10.1 Å². The lowest BCUT2D eigenvalue weighted by Crippen LogP contribution is -1.92. The number of nitrogens with one attached hydrogen (secondary N) is 1. The highest BCUT2D eigenvalue weighted by atomic mass is 32.1. The van der Waals surface area contributed by atoms with E-state index < -0.39 is 4.92 Å². The first kappa shape index (κ1) is 9.53. The van der Waals surface area contributed by atoms with Crippen LogP contribution >= 0.6 is 12.2 Å². The molecule has 0 saturated heterocycles. The Balaban J connectivity index is 2.62. The van der Waals surface area contributed by atoms with Gasteiger partial charge in [-0.05, 0) is 18.3 Å². The van der Waals surface area contributed by atoms with Crippen molar-refractivity contribution in [2.75, 3.05) is 0 Å². The van der Waals surface area contributed by atoms with E-state index in [0.29, 0.717) is 5.56 Å². The minimum atomic E-state index is -0.485. The Bertz CT molecular complexity index is 560. The zero-order valence-corrected chi connectivity index (χ0v) is 8.15. The maximum atomic E-state index is 10.7. The third-order valence-corrected chi connectivity index (χ3v) is 1.97. The van der Waals surface area contributed by atoms with Gasteiger partial charge in [-0.15, -0.1) is 0 Å². The number of nitrogens with zero attached hydrogens (tertiary/aromatic N) is 2. The molecular weight excluding hydrogens is 218 g/mol. The van der Waals surface area contributed by atoms with Crippen LogP contribution in [0.1, 0.15) is 0 Å². The molecule has 0 radical (unpaired) electrons. The fourth-order valence-electron chi connectivity index (χ4n) is 1.18. The molecule has 2 aromatic rings. The number of hydrogen-bond acceptors (Lipinski definition) is 5. The topological polar surface area (TPSA) is 85.0 Å². The molecule has 0 saturated carbocycles. The lowest BCUT2D eigenvalue weighted by atomic mass is 10.2. The average molecular weight is 223 g/mol. The van der Waals surface area contributed by atoms with Gasteiger partial charge in [0, 0.05) is 6.07 Å². The summed E-state index contributed by atoms with van der Waals surface area (Å²) < 4.78 is 4.71. The molecule has 15 heavy (non-hydrogen) atoms. The number of aromatic amines is 1. The average Bonchev–Trinajstić information content (AvgIpc) is 2.65. The van der Waals surface area contributed by atoms with Crippen molar-refractivity contribution in [1.82, 2.24) is 10.1 Å². The predicted molar refractivity (Wildman–Crippen MR) is 53.8 cm³/mol. The van der Waals surface area contributed by atoms with Crippen molar-refractivity contribution in [2.45, 2.75) is 0 Å².